The Morgan fingerprint density at radius 1 is 1.20 bits per heavy atom. The van der Waals surface area contributed by atoms with Crippen molar-refractivity contribution in [3.05, 3.63) is 42.0 Å². The van der Waals surface area contributed by atoms with Crippen molar-refractivity contribution in [2.45, 2.75) is 25.6 Å². The van der Waals surface area contributed by atoms with Crippen LogP contribution in [-0.2, 0) is 20.9 Å². The van der Waals surface area contributed by atoms with Crippen LogP contribution >= 0.6 is 0 Å². The van der Waals surface area contributed by atoms with E-state index in [2.05, 4.69) is 0 Å². The van der Waals surface area contributed by atoms with E-state index in [0.717, 1.165) is 30.4 Å². The lowest BCUT2D eigenvalue weighted by Crippen LogP contribution is -2.12. The molecule has 110 valence electrons. The number of carbonyl (C=O) groups is 1. The molecule has 0 amide bonds. The van der Waals surface area contributed by atoms with E-state index in [9.17, 15) is 4.79 Å². The highest BCUT2D eigenvalue weighted by Crippen LogP contribution is 2.12. The Bertz CT molecular complexity index is 397. The third-order valence-electron chi connectivity index (χ3n) is 2.96. The predicted molar refractivity (Wildman–Crippen MR) is 77.9 cm³/mol. The van der Waals surface area contributed by atoms with Crippen LogP contribution in [0.1, 0.15) is 18.4 Å². The van der Waals surface area contributed by atoms with E-state index in [0.29, 0.717) is 13.2 Å². The average molecular weight is 278 g/mol. The van der Waals surface area contributed by atoms with Crippen LogP contribution in [0.5, 0.6) is 5.75 Å². The molecule has 0 fully saturated rings. The van der Waals surface area contributed by atoms with E-state index in [1.807, 2.05) is 30.3 Å². The highest BCUT2D eigenvalue weighted by atomic mass is 16.5. The Kier molecular flexibility index (Phi) is 8.35. The summed E-state index contributed by atoms with van der Waals surface area (Å²) in [6.45, 7) is 1.20. The molecule has 1 aromatic carbocycles. The quantitative estimate of drug-likeness (QED) is 0.375. The lowest BCUT2D eigenvalue weighted by Gasteiger charge is -2.13. The SMILES string of the molecule is COc1ccc(COCC[C@@H](C/C=C/C=O)OC)cc1. The monoisotopic (exact) mass is 278 g/mol. The second kappa shape index (κ2) is 10.2. The Hall–Kier alpha value is -1.65. The van der Waals surface area contributed by atoms with Gasteiger partial charge in [0.05, 0.1) is 19.8 Å². The molecule has 0 aliphatic heterocycles. The lowest BCUT2D eigenvalue weighted by atomic mass is 10.2. The largest absolute Gasteiger partial charge is 0.497 e. The van der Waals surface area contributed by atoms with Crippen LogP contribution in [-0.4, -0.2) is 33.2 Å². The molecule has 0 saturated heterocycles. The summed E-state index contributed by atoms with van der Waals surface area (Å²) < 4.78 is 16.0. The molecule has 20 heavy (non-hydrogen) atoms. The molecule has 1 aromatic rings. The third-order valence-corrected chi connectivity index (χ3v) is 2.96. The van der Waals surface area contributed by atoms with Crippen LogP contribution in [0, 0.1) is 0 Å². The summed E-state index contributed by atoms with van der Waals surface area (Å²) in [6.07, 6.45) is 5.68. The third kappa shape index (κ3) is 6.50. The van der Waals surface area contributed by atoms with Crippen LogP contribution in [0.2, 0.25) is 0 Å². The first-order valence-corrected chi connectivity index (χ1v) is 6.64. The van der Waals surface area contributed by atoms with Crippen LogP contribution < -0.4 is 4.74 Å². The molecule has 1 rings (SSSR count). The van der Waals surface area contributed by atoms with Gasteiger partial charge in [0.25, 0.3) is 0 Å². The van der Waals surface area contributed by atoms with Gasteiger partial charge < -0.3 is 14.2 Å². The van der Waals surface area contributed by atoms with Gasteiger partial charge in [-0.25, -0.2) is 0 Å². The molecule has 0 saturated carbocycles. The number of benzene rings is 1. The van der Waals surface area contributed by atoms with E-state index >= 15 is 0 Å². The first kappa shape index (κ1) is 16.4. The molecule has 4 nitrogen and oxygen atoms in total. The number of aldehydes is 1. The van der Waals surface area contributed by atoms with Crippen LogP contribution in [0.25, 0.3) is 0 Å². The van der Waals surface area contributed by atoms with Crippen molar-refractivity contribution in [2.24, 2.45) is 0 Å². The van der Waals surface area contributed by atoms with Gasteiger partial charge in [0.1, 0.15) is 12.0 Å². The molecule has 4 heteroatoms. The van der Waals surface area contributed by atoms with Gasteiger partial charge in [-0.15, -0.1) is 0 Å². The van der Waals surface area contributed by atoms with Crippen molar-refractivity contribution in [3.8, 4) is 5.75 Å². The van der Waals surface area contributed by atoms with Gasteiger partial charge in [-0.3, -0.25) is 4.79 Å². The maximum absolute atomic E-state index is 10.2. The van der Waals surface area contributed by atoms with E-state index in [4.69, 9.17) is 14.2 Å². The van der Waals surface area contributed by atoms with Crippen molar-refractivity contribution in [1.29, 1.82) is 0 Å². The molecule has 1 atom stereocenters. The number of hydrogen-bond acceptors (Lipinski definition) is 4. The minimum absolute atomic E-state index is 0.0852. The van der Waals surface area contributed by atoms with Gasteiger partial charge in [-0.05, 0) is 36.6 Å². The Labute approximate surface area is 120 Å². The van der Waals surface area contributed by atoms with Crippen molar-refractivity contribution >= 4 is 6.29 Å². The first-order chi connectivity index (χ1) is 9.80. The molecule has 0 spiro atoms. The number of hydrogen-bond donors (Lipinski definition) is 0. The molecule has 0 heterocycles. The van der Waals surface area contributed by atoms with Crippen molar-refractivity contribution in [3.63, 3.8) is 0 Å². The smallest absolute Gasteiger partial charge is 0.142 e. The Balaban J connectivity index is 2.22. The number of ether oxygens (including phenoxy) is 3. The van der Waals surface area contributed by atoms with Crippen molar-refractivity contribution < 1.29 is 19.0 Å². The van der Waals surface area contributed by atoms with Crippen LogP contribution in [0.4, 0.5) is 0 Å². The van der Waals surface area contributed by atoms with Gasteiger partial charge in [0.2, 0.25) is 0 Å². The van der Waals surface area contributed by atoms with Crippen LogP contribution in [0.3, 0.4) is 0 Å². The summed E-state index contributed by atoms with van der Waals surface area (Å²) in [7, 11) is 3.32. The molecule has 0 bridgehead atoms. The molecule has 0 aromatic heterocycles. The summed E-state index contributed by atoms with van der Waals surface area (Å²) in [5.41, 5.74) is 1.11. The summed E-state index contributed by atoms with van der Waals surface area (Å²) in [6, 6.07) is 7.81. The zero-order chi connectivity index (χ0) is 14.6. The molecule has 0 unspecified atom stereocenters. The van der Waals surface area contributed by atoms with Crippen molar-refractivity contribution in [2.75, 3.05) is 20.8 Å². The molecule has 0 radical (unpaired) electrons. The predicted octanol–water partition coefficient (Wildman–Crippen LogP) is 2.76. The fourth-order valence-electron chi connectivity index (χ4n) is 1.74. The number of carbonyl (C=O) groups excluding carboxylic acids is 1. The van der Waals surface area contributed by atoms with Gasteiger partial charge in [-0.1, -0.05) is 18.2 Å². The highest BCUT2D eigenvalue weighted by Gasteiger charge is 2.05. The van der Waals surface area contributed by atoms with E-state index in [-0.39, 0.29) is 6.10 Å². The van der Waals surface area contributed by atoms with Gasteiger partial charge in [-0.2, -0.15) is 0 Å². The lowest BCUT2D eigenvalue weighted by molar-refractivity contribution is -0.104. The summed E-state index contributed by atoms with van der Waals surface area (Å²) in [4.78, 5) is 10.2. The van der Waals surface area contributed by atoms with E-state index in [1.165, 1.54) is 6.08 Å². The fourth-order valence-corrected chi connectivity index (χ4v) is 1.74. The van der Waals surface area contributed by atoms with Crippen molar-refractivity contribution in [1.82, 2.24) is 0 Å². The second-order valence-corrected chi connectivity index (χ2v) is 4.35. The Morgan fingerprint density at radius 3 is 2.55 bits per heavy atom. The molecule has 0 aliphatic rings. The zero-order valence-corrected chi connectivity index (χ0v) is 12.1. The maximum Gasteiger partial charge on any atom is 0.142 e. The standard InChI is InChI=1S/C16H22O4/c1-18-15(5-3-4-11-17)10-12-20-13-14-6-8-16(19-2)9-7-14/h3-4,6-9,11,15H,5,10,12-13H2,1-2H3/b4-3+/t15-/m1/s1. The summed E-state index contributed by atoms with van der Waals surface area (Å²) in [5.74, 6) is 0.843. The number of rotatable bonds is 10. The average Bonchev–Trinajstić information content (AvgIpc) is 2.50. The van der Waals surface area contributed by atoms with Gasteiger partial charge in [0.15, 0.2) is 0 Å². The normalized spacial score (nSPS) is 12.5. The van der Waals surface area contributed by atoms with Gasteiger partial charge >= 0.3 is 0 Å². The Morgan fingerprint density at radius 2 is 1.95 bits per heavy atom. The second-order valence-electron chi connectivity index (χ2n) is 4.35. The molecule has 0 N–H and O–H groups in total. The first-order valence-electron chi connectivity index (χ1n) is 6.64. The number of methoxy groups -OCH3 is 2. The number of allylic oxidation sites excluding steroid dienone is 1. The minimum atomic E-state index is 0.0852. The topological polar surface area (TPSA) is 44.8 Å². The van der Waals surface area contributed by atoms with Crippen LogP contribution in [0.15, 0.2) is 36.4 Å². The summed E-state index contributed by atoms with van der Waals surface area (Å²) in [5, 5.41) is 0. The van der Waals surface area contributed by atoms with Gasteiger partial charge in [0, 0.05) is 13.7 Å². The fraction of sp³-hybridized carbons (Fsp3) is 0.438. The zero-order valence-electron chi connectivity index (χ0n) is 12.1. The minimum Gasteiger partial charge on any atom is -0.497 e. The summed E-state index contributed by atoms with van der Waals surface area (Å²) >= 11 is 0. The molecular formula is C16H22O4. The van der Waals surface area contributed by atoms with E-state index in [1.54, 1.807) is 14.2 Å². The molecule has 0 aliphatic carbocycles. The van der Waals surface area contributed by atoms with E-state index < -0.39 is 0 Å². The maximum atomic E-state index is 10.2. The molecular weight excluding hydrogens is 256 g/mol. The highest BCUT2D eigenvalue weighted by molar-refractivity contribution is 5.64.